The van der Waals surface area contributed by atoms with Crippen LogP contribution in [0.3, 0.4) is 0 Å². The van der Waals surface area contributed by atoms with E-state index in [0.29, 0.717) is 6.42 Å². The van der Waals surface area contributed by atoms with E-state index in [1.165, 1.54) is 0 Å². The highest BCUT2D eigenvalue weighted by molar-refractivity contribution is 7.89. The molecule has 1 aromatic carbocycles. The molecule has 0 fully saturated rings. The standard InChI is InChI=1S/C14H22F2N2O2S/c1-3-4-5-6-7-10(2)18-21(19,20)12-9-8-11(15)14(17)13(12)16/h8-10,18H,3-7,17H2,1-2H3. The number of anilines is 1. The quantitative estimate of drug-likeness (QED) is 0.571. The number of hydrogen-bond donors (Lipinski definition) is 2. The molecule has 0 heterocycles. The largest absolute Gasteiger partial charge is 0.394 e. The Morgan fingerprint density at radius 2 is 1.90 bits per heavy atom. The van der Waals surface area contributed by atoms with E-state index in [9.17, 15) is 17.2 Å². The Hall–Kier alpha value is -1.21. The van der Waals surface area contributed by atoms with Gasteiger partial charge in [-0.05, 0) is 25.5 Å². The maximum atomic E-state index is 13.8. The molecule has 0 bridgehead atoms. The SMILES string of the molecule is CCCCCCC(C)NS(=O)(=O)c1ccc(F)c(N)c1F. The summed E-state index contributed by atoms with van der Waals surface area (Å²) in [7, 11) is -4.04. The normalized spacial score (nSPS) is 13.3. The van der Waals surface area contributed by atoms with E-state index in [4.69, 9.17) is 5.73 Å². The summed E-state index contributed by atoms with van der Waals surface area (Å²) in [6.07, 6.45) is 4.78. The van der Waals surface area contributed by atoms with E-state index < -0.39 is 32.2 Å². The van der Waals surface area contributed by atoms with Crippen LogP contribution in [0.4, 0.5) is 14.5 Å². The average Bonchev–Trinajstić information content (AvgIpc) is 2.40. The second-order valence-electron chi connectivity index (χ2n) is 5.14. The van der Waals surface area contributed by atoms with Crippen molar-refractivity contribution in [3.8, 4) is 0 Å². The van der Waals surface area contributed by atoms with Crippen molar-refractivity contribution >= 4 is 15.7 Å². The first-order chi connectivity index (χ1) is 9.79. The predicted octanol–water partition coefficient (Wildman–Crippen LogP) is 3.18. The van der Waals surface area contributed by atoms with Crippen LogP contribution in [0.5, 0.6) is 0 Å². The molecule has 0 saturated heterocycles. The minimum Gasteiger partial charge on any atom is -0.394 e. The van der Waals surface area contributed by atoms with Gasteiger partial charge in [-0.1, -0.05) is 32.6 Å². The van der Waals surface area contributed by atoms with Gasteiger partial charge in [0.25, 0.3) is 0 Å². The molecule has 0 aliphatic heterocycles. The number of nitrogens with one attached hydrogen (secondary N) is 1. The van der Waals surface area contributed by atoms with Crippen molar-refractivity contribution in [3.05, 3.63) is 23.8 Å². The van der Waals surface area contributed by atoms with E-state index in [2.05, 4.69) is 11.6 Å². The highest BCUT2D eigenvalue weighted by atomic mass is 32.2. The molecule has 3 N–H and O–H groups in total. The van der Waals surface area contributed by atoms with E-state index in [0.717, 1.165) is 37.8 Å². The number of nitrogens with two attached hydrogens (primary N) is 1. The van der Waals surface area contributed by atoms with Gasteiger partial charge in [0.05, 0.1) is 0 Å². The summed E-state index contributed by atoms with van der Waals surface area (Å²) in [5, 5.41) is 0. The van der Waals surface area contributed by atoms with E-state index in [1.807, 2.05) is 0 Å². The van der Waals surface area contributed by atoms with E-state index >= 15 is 0 Å². The number of benzene rings is 1. The van der Waals surface area contributed by atoms with Crippen molar-refractivity contribution in [1.29, 1.82) is 0 Å². The second kappa shape index (κ2) is 7.70. The Labute approximate surface area is 124 Å². The molecular formula is C14H22F2N2O2S. The average molecular weight is 320 g/mol. The number of halogens is 2. The molecule has 0 radical (unpaired) electrons. The van der Waals surface area contributed by atoms with Crippen molar-refractivity contribution in [2.45, 2.75) is 56.9 Å². The molecule has 0 amide bonds. The van der Waals surface area contributed by atoms with Crippen LogP contribution >= 0.6 is 0 Å². The van der Waals surface area contributed by atoms with Crippen molar-refractivity contribution in [2.75, 3.05) is 5.73 Å². The van der Waals surface area contributed by atoms with Gasteiger partial charge in [-0.3, -0.25) is 0 Å². The summed E-state index contributed by atoms with van der Waals surface area (Å²) in [4.78, 5) is -0.623. The molecule has 21 heavy (non-hydrogen) atoms. The first-order valence-electron chi connectivity index (χ1n) is 7.05. The van der Waals surface area contributed by atoms with Crippen LogP contribution in [0.15, 0.2) is 17.0 Å². The minimum atomic E-state index is -4.04. The Kier molecular flexibility index (Phi) is 6.54. The molecule has 0 aliphatic carbocycles. The molecule has 0 spiro atoms. The zero-order chi connectivity index (χ0) is 16.0. The number of sulfonamides is 1. The lowest BCUT2D eigenvalue weighted by molar-refractivity contribution is 0.513. The Balaban J connectivity index is 2.76. The van der Waals surface area contributed by atoms with Gasteiger partial charge in [-0.2, -0.15) is 0 Å². The number of unbranched alkanes of at least 4 members (excludes halogenated alkanes) is 3. The van der Waals surface area contributed by atoms with Crippen LogP contribution in [0.1, 0.15) is 46.0 Å². The van der Waals surface area contributed by atoms with Gasteiger partial charge in [-0.25, -0.2) is 21.9 Å². The van der Waals surface area contributed by atoms with Gasteiger partial charge in [-0.15, -0.1) is 0 Å². The lowest BCUT2D eigenvalue weighted by Gasteiger charge is -2.15. The zero-order valence-corrected chi connectivity index (χ0v) is 13.1. The van der Waals surface area contributed by atoms with Crippen LogP contribution < -0.4 is 10.5 Å². The molecule has 1 atom stereocenters. The molecule has 4 nitrogen and oxygen atoms in total. The first kappa shape index (κ1) is 17.8. The number of nitrogen functional groups attached to an aromatic ring is 1. The fourth-order valence-electron chi connectivity index (χ4n) is 2.02. The zero-order valence-electron chi connectivity index (χ0n) is 12.3. The van der Waals surface area contributed by atoms with Gasteiger partial charge < -0.3 is 5.73 Å². The third-order valence-corrected chi connectivity index (χ3v) is 4.83. The van der Waals surface area contributed by atoms with Crippen LogP contribution in [0.25, 0.3) is 0 Å². The van der Waals surface area contributed by atoms with Gasteiger partial charge >= 0.3 is 0 Å². The van der Waals surface area contributed by atoms with E-state index in [1.54, 1.807) is 6.92 Å². The summed E-state index contributed by atoms with van der Waals surface area (Å²) in [6, 6.07) is 1.41. The molecule has 7 heteroatoms. The monoisotopic (exact) mass is 320 g/mol. The number of hydrogen-bond acceptors (Lipinski definition) is 3. The Morgan fingerprint density at radius 1 is 1.24 bits per heavy atom. The molecule has 0 aromatic heterocycles. The summed E-state index contributed by atoms with van der Waals surface area (Å²) in [5.41, 5.74) is 4.40. The highest BCUT2D eigenvalue weighted by Gasteiger charge is 2.24. The summed E-state index contributed by atoms with van der Waals surface area (Å²) >= 11 is 0. The second-order valence-corrected chi connectivity index (χ2v) is 6.83. The van der Waals surface area contributed by atoms with Crippen LogP contribution in [0.2, 0.25) is 0 Å². The van der Waals surface area contributed by atoms with Crippen molar-refractivity contribution in [3.63, 3.8) is 0 Å². The topological polar surface area (TPSA) is 72.2 Å². The molecule has 1 unspecified atom stereocenters. The molecule has 0 saturated carbocycles. The van der Waals surface area contributed by atoms with E-state index in [-0.39, 0.29) is 6.04 Å². The Morgan fingerprint density at radius 3 is 2.52 bits per heavy atom. The summed E-state index contributed by atoms with van der Waals surface area (Å²) in [5.74, 6) is -2.22. The molecule has 0 aliphatic rings. The molecule has 120 valence electrons. The van der Waals surface area contributed by atoms with Gasteiger partial charge in [0, 0.05) is 6.04 Å². The van der Waals surface area contributed by atoms with Crippen LogP contribution in [-0.2, 0) is 10.0 Å². The lowest BCUT2D eigenvalue weighted by Crippen LogP contribution is -2.33. The van der Waals surface area contributed by atoms with Crippen molar-refractivity contribution in [2.24, 2.45) is 0 Å². The smallest absolute Gasteiger partial charge is 0.243 e. The van der Waals surface area contributed by atoms with Crippen molar-refractivity contribution < 1.29 is 17.2 Å². The first-order valence-corrected chi connectivity index (χ1v) is 8.53. The highest BCUT2D eigenvalue weighted by Crippen LogP contribution is 2.23. The molecule has 1 rings (SSSR count). The van der Waals surface area contributed by atoms with Gasteiger partial charge in [0.1, 0.15) is 16.4 Å². The fraction of sp³-hybridized carbons (Fsp3) is 0.571. The third-order valence-electron chi connectivity index (χ3n) is 3.23. The van der Waals surface area contributed by atoms with Crippen LogP contribution in [0, 0.1) is 11.6 Å². The minimum absolute atomic E-state index is 0.322. The third kappa shape index (κ3) is 4.93. The van der Waals surface area contributed by atoms with Crippen LogP contribution in [-0.4, -0.2) is 14.5 Å². The summed E-state index contributed by atoms with van der Waals surface area (Å²) < 4.78 is 53.4. The van der Waals surface area contributed by atoms with Crippen molar-refractivity contribution in [1.82, 2.24) is 4.72 Å². The summed E-state index contributed by atoms with van der Waals surface area (Å²) in [6.45, 7) is 3.81. The van der Waals surface area contributed by atoms with Gasteiger partial charge in [0.15, 0.2) is 5.82 Å². The Bertz CT molecular complexity index is 577. The predicted molar refractivity (Wildman–Crippen MR) is 79.3 cm³/mol. The number of rotatable bonds is 8. The fourth-order valence-corrected chi connectivity index (χ4v) is 3.39. The molecular weight excluding hydrogens is 298 g/mol. The lowest BCUT2D eigenvalue weighted by atomic mass is 10.1. The maximum Gasteiger partial charge on any atom is 0.243 e. The molecule has 1 aromatic rings. The van der Waals surface area contributed by atoms with Gasteiger partial charge in [0.2, 0.25) is 10.0 Å². The maximum absolute atomic E-state index is 13.8.